The summed E-state index contributed by atoms with van der Waals surface area (Å²) in [5.41, 5.74) is 1.98. The highest BCUT2D eigenvalue weighted by Gasteiger charge is 1.99. The quantitative estimate of drug-likeness (QED) is 0.755. The van der Waals surface area contributed by atoms with Gasteiger partial charge < -0.3 is 5.32 Å². The fourth-order valence-electron chi connectivity index (χ4n) is 1.34. The molecular weight excluding hydrogens is 162 g/mol. The summed E-state index contributed by atoms with van der Waals surface area (Å²) in [5.74, 6) is 0. The normalized spacial score (nSPS) is 10.2. The van der Waals surface area contributed by atoms with Crippen LogP contribution < -0.4 is 5.32 Å². The molecule has 1 N–H and O–H groups in total. The Morgan fingerprint density at radius 2 is 2.15 bits per heavy atom. The summed E-state index contributed by atoms with van der Waals surface area (Å²) in [6.45, 7) is 2.96. The van der Waals surface area contributed by atoms with Crippen molar-refractivity contribution >= 4 is 16.6 Å². The van der Waals surface area contributed by atoms with E-state index in [1.54, 1.807) is 6.20 Å². The molecule has 2 aromatic rings. The van der Waals surface area contributed by atoms with Gasteiger partial charge in [0.1, 0.15) is 0 Å². The van der Waals surface area contributed by atoms with Gasteiger partial charge in [-0.1, -0.05) is 18.2 Å². The predicted molar refractivity (Wildman–Crippen MR) is 53.7 cm³/mol. The molecule has 0 unspecified atom stereocenters. The van der Waals surface area contributed by atoms with Crippen LogP contribution in [-0.2, 0) is 0 Å². The average Bonchev–Trinajstić information content (AvgIpc) is 2.19. The molecule has 0 aliphatic rings. The largest absolute Gasteiger partial charge is 0.383 e. The molecule has 0 saturated heterocycles. The average molecular weight is 173 g/mol. The van der Waals surface area contributed by atoms with E-state index in [-0.39, 0.29) is 0 Å². The maximum Gasteiger partial charge on any atom is 0.0950 e. The lowest BCUT2D eigenvalue weighted by atomic mass is 10.2. The minimum atomic E-state index is 0.898. The minimum absolute atomic E-state index is 0.898. The van der Waals surface area contributed by atoms with E-state index in [1.165, 1.54) is 0 Å². The van der Waals surface area contributed by atoms with Crippen molar-refractivity contribution in [2.24, 2.45) is 0 Å². The van der Waals surface area contributed by atoms with Crippen molar-refractivity contribution < 1.29 is 0 Å². The van der Waals surface area contributed by atoms with Crippen molar-refractivity contribution in [3.8, 4) is 0 Å². The third-order valence-corrected chi connectivity index (χ3v) is 1.91. The van der Waals surface area contributed by atoms with Gasteiger partial charge in [-0.3, -0.25) is 0 Å². The molecule has 3 heteroatoms. The summed E-state index contributed by atoms with van der Waals surface area (Å²) in [7, 11) is 0. The third-order valence-electron chi connectivity index (χ3n) is 1.91. The molecule has 0 spiro atoms. The molecule has 1 aromatic heterocycles. The third kappa shape index (κ3) is 1.45. The van der Waals surface area contributed by atoms with Crippen LogP contribution in [0.5, 0.6) is 0 Å². The highest BCUT2D eigenvalue weighted by Crippen LogP contribution is 2.18. The molecular formula is C10H11N3. The number of anilines is 1. The maximum atomic E-state index is 4.03. The summed E-state index contributed by atoms with van der Waals surface area (Å²) in [6.07, 6.45) is 1.76. The van der Waals surface area contributed by atoms with Crippen molar-refractivity contribution in [3.05, 3.63) is 30.5 Å². The van der Waals surface area contributed by atoms with E-state index in [4.69, 9.17) is 0 Å². The zero-order chi connectivity index (χ0) is 9.10. The molecule has 0 radical (unpaired) electrons. The fraction of sp³-hybridized carbons (Fsp3) is 0.200. The van der Waals surface area contributed by atoms with Crippen LogP contribution in [0.2, 0.25) is 0 Å². The van der Waals surface area contributed by atoms with Gasteiger partial charge in [0.25, 0.3) is 0 Å². The van der Waals surface area contributed by atoms with Crippen molar-refractivity contribution in [3.63, 3.8) is 0 Å². The van der Waals surface area contributed by atoms with Gasteiger partial charge in [-0.05, 0) is 13.0 Å². The smallest absolute Gasteiger partial charge is 0.0950 e. The van der Waals surface area contributed by atoms with Crippen LogP contribution >= 0.6 is 0 Å². The lowest BCUT2D eigenvalue weighted by Crippen LogP contribution is -1.98. The van der Waals surface area contributed by atoms with Crippen LogP contribution in [0.1, 0.15) is 6.92 Å². The van der Waals surface area contributed by atoms with E-state index in [1.807, 2.05) is 24.3 Å². The first-order valence-electron chi connectivity index (χ1n) is 4.36. The Morgan fingerprint density at radius 3 is 3.00 bits per heavy atom. The summed E-state index contributed by atoms with van der Waals surface area (Å²) in [4.78, 5) is 0. The monoisotopic (exact) mass is 173 g/mol. The van der Waals surface area contributed by atoms with Crippen LogP contribution in [-0.4, -0.2) is 16.7 Å². The molecule has 0 fully saturated rings. The van der Waals surface area contributed by atoms with E-state index in [2.05, 4.69) is 22.4 Å². The minimum Gasteiger partial charge on any atom is -0.383 e. The lowest BCUT2D eigenvalue weighted by molar-refractivity contribution is 1.07. The van der Waals surface area contributed by atoms with Gasteiger partial charge in [0, 0.05) is 11.9 Å². The number of hydrogen-bond donors (Lipinski definition) is 1. The standard InChI is InChI=1S/C10H11N3/c1-2-11-10-7-12-13-9-6-4-3-5-8(9)10/h3-7H,2H2,1H3,(H,11,13). The topological polar surface area (TPSA) is 37.8 Å². The van der Waals surface area contributed by atoms with Crippen LogP contribution in [0, 0.1) is 0 Å². The zero-order valence-electron chi connectivity index (χ0n) is 7.49. The molecule has 0 aliphatic carbocycles. The molecule has 3 nitrogen and oxygen atoms in total. The number of nitrogens with zero attached hydrogens (tertiary/aromatic N) is 2. The lowest BCUT2D eigenvalue weighted by Gasteiger charge is -2.04. The number of rotatable bonds is 2. The zero-order valence-corrected chi connectivity index (χ0v) is 7.49. The number of hydrogen-bond acceptors (Lipinski definition) is 3. The Morgan fingerprint density at radius 1 is 1.31 bits per heavy atom. The molecule has 0 atom stereocenters. The van der Waals surface area contributed by atoms with E-state index < -0.39 is 0 Å². The van der Waals surface area contributed by atoms with Gasteiger partial charge in [0.15, 0.2) is 0 Å². The summed E-state index contributed by atoms with van der Waals surface area (Å²) in [6, 6.07) is 7.97. The Labute approximate surface area is 76.8 Å². The van der Waals surface area contributed by atoms with Gasteiger partial charge in [-0.25, -0.2) is 0 Å². The molecule has 0 saturated carbocycles. The molecule has 0 bridgehead atoms. The van der Waals surface area contributed by atoms with E-state index in [0.717, 1.165) is 23.1 Å². The van der Waals surface area contributed by atoms with Crippen molar-refractivity contribution in [1.29, 1.82) is 0 Å². The predicted octanol–water partition coefficient (Wildman–Crippen LogP) is 2.06. The molecule has 1 heterocycles. The number of aromatic nitrogens is 2. The molecule has 13 heavy (non-hydrogen) atoms. The molecule has 0 aliphatic heterocycles. The van der Waals surface area contributed by atoms with Crippen LogP contribution in [0.15, 0.2) is 30.5 Å². The second-order valence-electron chi connectivity index (χ2n) is 2.81. The fourth-order valence-corrected chi connectivity index (χ4v) is 1.34. The number of benzene rings is 1. The highest BCUT2D eigenvalue weighted by atomic mass is 15.1. The van der Waals surface area contributed by atoms with Crippen molar-refractivity contribution in [1.82, 2.24) is 10.2 Å². The number of nitrogens with one attached hydrogen (secondary N) is 1. The summed E-state index contributed by atoms with van der Waals surface area (Å²) in [5, 5.41) is 12.3. The Hall–Kier alpha value is -1.64. The number of fused-ring (bicyclic) bond motifs is 1. The van der Waals surface area contributed by atoms with E-state index in [0.29, 0.717) is 0 Å². The Kier molecular flexibility index (Phi) is 2.08. The summed E-state index contributed by atoms with van der Waals surface area (Å²) < 4.78 is 0. The highest BCUT2D eigenvalue weighted by molar-refractivity contribution is 5.90. The Balaban J connectivity index is 2.61. The first-order chi connectivity index (χ1) is 6.42. The molecule has 2 rings (SSSR count). The Bertz CT molecular complexity index is 406. The molecule has 1 aromatic carbocycles. The van der Waals surface area contributed by atoms with Crippen LogP contribution in [0.4, 0.5) is 5.69 Å². The molecule has 66 valence electrons. The van der Waals surface area contributed by atoms with E-state index in [9.17, 15) is 0 Å². The van der Waals surface area contributed by atoms with Gasteiger partial charge in [-0.2, -0.15) is 10.2 Å². The maximum absolute atomic E-state index is 4.03. The van der Waals surface area contributed by atoms with Gasteiger partial charge in [0.2, 0.25) is 0 Å². The van der Waals surface area contributed by atoms with Gasteiger partial charge in [0.05, 0.1) is 17.4 Å². The van der Waals surface area contributed by atoms with Gasteiger partial charge in [-0.15, -0.1) is 0 Å². The SMILES string of the molecule is CCNc1cnnc2ccccc12. The second-order valence-corrected chi connectivity index (χ2v) is 2.81. The van der Waals surface area contributed by atoms with Crippen molar-refractivity contribution in [2.45, 2.75) is 6.92 Å². The van der Waals surface area contributed by atoms with E-state index >= 15 is 0 Å². The van der Waals surface area contributed by atoms with Crippen LogP contribution in [0.25, 0.3) is 10.9 Å². The van der Waals surface area contributed by atoms with Gasteiger partial charge >= 0.3 is 0 Å². The first kappa shape index (κ1) is 7.98. The summed E-state index contributed by atoms with van der Waals surface area (Å²) >= 11 is 0. The first-order valence-corrected chi connectivity index (χ1v) is 4.36. The van der Waals surface area contributed by atoms with Crippen molar-refractivity contribution in [2.75, 3.05) is 11.9 Å². The van der Waals surface area contributed by atoms with Crippen LogP contribution in [0.3, 0.4) is 0 Å². The second kappa shape index (κ2) is 3.39. The molecule has 0 amide bonds.